The zero-order valence-corrected chi connectivity index (χ0v) is 15.3. The fraction of sp³-hybridized carbons (Fsp3) is 0.286. The maximum atomic E-state index is 12.9. The minimum absolute atomic E-state index is 0.0427. The summed E-state index contributed by atoms with van der Waals surface area (Å²) in [6.07, 6.45) is 0.963. The van der Waals surface area contributed by atoms with Crippen LogP contribution >= 0.6 is 11.6 Å². The second-order valence-electron chi connectivity index (χ2n) is 6.70. The molecule has 26 heavy (non-hydrogen) atoms. The highest BCUT2D eigenvalue weighted by Gasteiger charge is 2.23. The van der Waals surface area contributed by atoms with E-state index in [1.807, 2.05) is 17.0 Å². The van der Waals surface area contributed by atoms with Gasteiger partial charge in [-0.15, -0.1) is 0 Å². The topological polar surface area (TPSA) is 36.7 Å². The predicted molar refractivity (Wildman–Crippen MR) is 103 cm³/mol. The molecule has 1 aliphatic heterocycles. The Kier molecular flexibility index (Phi) is 4.96. The summed E-state index contributed by atoms with van der Waals surface area (Å²) >= 11 is 6.02. The van der Waals surface area contributed by atoms with Gasteiger partial charge in [-0.25, -0.2) is 0 Å². The van der Waals surface area contributed by atoms with Crippen molar-refractivity contribution >= 4 is 28.5 Å². The van der Waals surface area contributed by atoms with Crippen molar-refractivity contribution in [3.63, 3.8) is 0 Å². The molecule has 1 saturated heterocycles. The first-order chi connectivity index (χ1) is 12.7. The van der Waals surface area contributed by atoms with Crippen LogP contribution in [0.3, 0.4) is 0 Å². The number of hydrogen-bond acceptors (Lipinski definition) is 3. The minimum Gasteiger partial charge on any atom is -0.451 e. The quantitative estimate of drug-likeness (QED) is 0.686. The van der Waals surface area contributed by atoms with Gasteiger partial charge in [0.2, 0.25) is 0 Å². The second-order valence-corrected chi connectivity index (χ2v) is 7.14. The lowest BCUT2D eigenvalue weighted by Crippen LogP contribution is -2.34. The van der Waals surface area contributed by atoms with E-state index in [9.17, 15) is 4.79 Å². The Morgan fingerprint density at radius 3 is 2.69 bits per heavy atom. The van der Waals surface area contributed by atoms with Gasteiger partial charge in [0.05, 0.1) is 0 Å². The van der Waals surface area contributed by atoms with Crippen LogP contribution in [0.15, 0.2) is 59.0 Å². The number of benzene rings is 2. The monoisotopic (exact) mass is 368 g/mol. The van der Waals surface area contributed by atoms with E-state index in [-0.39, 0.29) is 5.91 Å². The predicted octanol–water partition coefficient (Wildman–Crippen LogP) is 4.43. The summed E-state index contributed by atoms with van der Waals surface area (Å²) in [7, 11) is 0. The molecule has 0 spiro atoms. The molecule has 5 heteroatoms. The van der Waals surface area contributed by atoms with Crippen molar-refractivity contribution < 1.29 is 9.21 Å². The number of fused-ring (bicyclic) bond motifs is 1. The summed E-state index contributed by atoms with van der Waals surface area (Å²) in [6.45, 7) is 4.25. The van der Waals surface area contributed by atoms with E-state index in [1.54, 1.807) is 18.2 Å². The Hall–Kier alpha value is -2.30. The average molecular weight is 369 g/mol. The van der Waals surface area contributed by atoms with Gasteiger partial charge >= 0.3 is 0 Å². The summed E-state index contributed by atoms with van der Waals surface area (Å²) < 4.78 is 5.74. The Morgan fingerprint density at radius 2 is 1.85 bits per heavy atom. The third kappa shape index (κ3) is 3.76. The number of carbonyl (C=O) groups excluding carboxylic acids is 1. The Balaban J connectivity index is 1.43. The molecule has 1 amide bonds. The summed E-state index contributed by atoms with van der Waals surface area (Å²) in [5.74, 6) is 0.345. The van der Waals surface area contributed by atoms with Crippen LogP contribution in [-0.2, 0) is 6.54 Å². The number of amides is 1. The Morgan fingerprint density at radius 1 is 1.00 bits per heavy atom. The van der Waals surface area contributed by atoms with Crippen LogP contribution in [0.4, 0.5) is 0 Å². The number of halogens is 1. The van der Waals surface area contributed by atoms with Gasteiger partial charge in [0.1, 0.15) is 5.58 Å². The van der Waals surface area contributed by atoms with Crippen molar-refractivity contribution in [3.8, 4) is 0 Å². The molecular formula is C21H21ClN2O2. The van der Waals surface area contributed by atoms with Gasteiger partial charge in [0.15, 0.2) is 5.76 Å². The van der Waals surface area contributed by atoms with Crippen molar-refractivity contribution in [2.45, 2.75) is 13.0 Å². The maximum absolute atomic E-state index is 12.9. The maximum Gasteiger partial charge on any atom is 0.289 e. The molecule has 1 aliphatic rings. The van der Waals surface area contributed by atoms with E-state index < -0.39 is 0 Å². The largest absolute Gasteiger partial charge is 0.451 e. The van der Waals surface area contributed by atoms with Gasteiger partial charge in [-0.3, -0.25) is 9.69 Å². The summed E-state index contributed by atoms with van der Waals surface area (Å²) in [5, 5.41) is 1.50. The van der Waals surface area contributed by atoms with Crippen LogP contribution in [0, 0.1) is 0 Å². The smallest absolute Gasteiger partial charge is 0.289 e. The van der Waals surface area contributed by atoms with E-state index in [1.165, 1.54) is 5.56 Å². The normalized spacial score (nSPS) is 16.0. The molecule has 2 heterocycles. The van der Waals surface area contributed by atoms with Crippen molar-refractivity contribution in [2.75, 3.05) is 26.2 Å². The average Bonchev–Trinajstić information content (AvgIpc) is 2.93. The second kappa shape index (κ2) is 7.52. The molecule has 3 aromatic rings. The summed E-state index contributed by atoms with van der Waals surface area (Å²) in [5.41, 5.74) is 2.00. The van der Waals surface area contributed by atoms with Gasteiger partial charge < -0.3 is 9.32 Å². The Labute approximate surface area is 157 Å². The molecule has 4 rings (SSSR count). The van der Waals surface area contributed by atoms with Gasteiger partial charge in [-0.2, -0.15) is 0 Å². The number of hydrogen-bond donors (Lipinski definition) is 0. The highest BCUT2D eigenvalue weighted by Crippen LogP contribution is 2.24. The fourth-order valence-corrected chi connectivity index (χ4v) is 3.63. The van der Waals surface area contributed by atoms with Crippen LogP contribution < -0.4 is 0 Å². The first kappa shape index (κ1) is 17.1. The highest BCUT2D eigenvalue weighted by atomic mass is 35.5. The molecular weight excluding hydrogens is 348 g/mol. The van der Waals surface area contributed by atoms with E-state index in [0.717, 1.165) is 38.0 Å². The molecule has 1 aromatic heterocycles. The van der Waals surface area contributed by atoms with Crippen LogP contribution in [0.2, 0.25) is 5.02 Å². The first-order valence-electron chi connectivity index (χ1n) is 8.94. The number of furan rings is 1. The first-order valence-corrected chi connectivity index (χ1v) is 9.31. The molecule has 0 N–H and O–H groups in total. The molecule has 0 saturated carbocycles. The molecule has 1 fully saturated rings. The molecule has 4 nitrogen and oxygen atoms in total. The highest BCUT2D eigenvalue weighted by molar-refractivity contribution is 6.31. The van der Waals surface area contributed by atoms with Crippen LogP contribution in [0.25, 0.3) is 11.0 Å². The molecule has 2 aromatic carbocycles. The van der Waals surface area contributed by atoms with Crippen molar-refractivity contribution in [1.29, 1.82) is 0 Å². The molecule has 0 bridgehead atoms. The summed E-state index contributed by atoms with van der Waals surface area (Å²) in [4.78, 5) is 17.1. The van der Waals surface area contributed by atoms with Gasteiger partial charge in [-0.05, 0) is 36.2 Å². The SMILES string of the molecule is O=C(c1cc2cc(Cl)ccc2o1)N1CCCN(Cc2ccccc2)CC1. The Bertz CT molecular complexity index is 907. The molecule has 0 radical (unpaired) electrons. The van der Waals surface area contributed by atoms with Crippen LogP contribution in [0.1, 0.15) is 22.5 Å². The van der Waals surface area contributed by atoms with Gasteiger partial charge in [-0.1, -0.05) is 41.9 Å². The van der Waals surface area contributed by atoms with E-state index in [2.05, 4.69) is 29.2 Å². The zero-order valence-electron chi connectivity index (χ0n) is 14.5. The number of rotatable bonds is 3. The van der Waals surface area contributed by atoms with Crippen molar-refractivity contribution in [1.82, 2.24) is 9.80 Å². The fourth-order valence-electron chi connectivity index (χ4n) is 3.45. The summed E-state index contributed by atoms with van der Waals surface area (Å²) in [6, 6.07) is 17.6. The van der Waals surface area contributed by atoms with E-state index in [4.69, 9.17) is 16.0 Å². The molecule has 0 atom stereocenters. The molecule has 0 unspecified atom stereocenters. The van der Waals surface area contributed by atoms with Crippen molar-refractivity contribution in [3.05, 3.63) is 70.9 Å². The third-order valence-corrected chi connectivity index (χ3v) is 5.05. The van der Waals surface area contributed by atoms with E-state index in [0.29, 0.717) is 22.9 Å². The third-order valence-electron chi connectivity index (χ3n) is 4.81. The lowest BCUT2D eigenvalue weighted by molar-refractivity contribution is 0.0731. The van der Waals surface area contributed by atoms with Gasteiger partial charge in [0.25, 0.3) is 5.91 Å². The number of nitrogens with zero attached hydrogens (tertiary/aromatic N) is 2. The van der Waals surface area contributed by atoms with Crippen LogP contribution in [-0.4, -0.2) is 41.9 Å². The lowest BCUT2D eigenvalue weighted by Gasteiger charge is -2.21. The van der Waals surface area contributed by atoms with E-state index >= 15 is 0 Å². The molecule has 0 aliphatic carbocycles. The minimum atomic E-state index is -0.0427. The molecule has 134 valence electrons. The van der Waals surface area contributed by atoms with Crippen LogP contribution in [0.5, 0.6) is 0 Å². The zero-order chi connectivity index (χ0) is 17.9. The standard InChI is InChI=1S/C21H21ClN2O2/c22-18-7-8-19-17(13-18)14-20(26-19)21(25)24-10-4-9-23(11-12-24)15-16-5-2-1-3-6-16/h1-3,5-8,13-14H,4,9-12,15H2. The van der Waals surface area contributed by atoms with Crippen molar-refractivity contribution in [2.24, 2.45) is 0 Å². The lowest BCUT2D eigenvalue weighted by atomic mass is 10.2. The number of carbonyl (C=O) groups is 1. The van der Waals surface area contributed by atoms with Gasteiger partial charge in [0, 0.05) is 43.1 Å².